The summed E-state index contributed by atoms with van der Waals surface area (Å²) >= 11 is 2.71. The molecule has 21 heavy (non-hydrogen) atoms. The summed E-state index contributed by atoms with van der Waals surface area (Å²) in [7, 11) is 0. The van der Waals surface area contributed by atoms with E-state index in [1.165, 1.54) is 41.4 Å². The lowest BCUT2D eigenvalue weighted by Gasteiger charge is -1.99. The second-order valence-corrected chi connectivity index (χ2v) is 6.32. The largest absolute Gasteiger partial charge is 0.504 e. The van der Waals surface area contributed by atoms with Crippen LogP contribution in [0.15, 0.2) is 27.6 Å². The van der Waals surface area contributed by atoms with Crippen molar-refractivity contribution in [3.05, 3.63) is 28.8 Å². The Morgan fingerprint density at radius 1 is 1.43 bits per heavy atom. The summed E-state index contributed by atoms with van der Waals surface area (Å²) in [5.74, 6) is -0.535. The van der Waals surface area contributed by atoms with Gasteiger partial charge in [0.05, 0.1) is 12.0 Å². The number of nitrogens with one attached hydrogen (secondary N) is 1. The van der Waals surface area contributed by atoms with Gasteiger partial charge in [-0.05, 0) is 30.7 Å². The third-order valence-corrected chi connectivity index (χ3v) is 4.21. The molecule has 2 aromatic rings. The van der Waals surface area contributed by atoms with Crippen LogP contribution in [0.3, 0.4) is 0 Å². The number of hydrogen-bond donors (Lipinski definition) is 3. The van der Waals surface area contributed by atoms with Crippen LogP contribution in [0.5, 0.6) is 11.5 Å². The Morgan fingerprint density at radius 2 is 2.24 bits per heavy atom. The predicted octanol–water partition coefficient (Wildman–Crippen LogP) is 1.50. The Hall–Kier alpha value is -2.13. The van der Waals surface area contributed by atoms with Gasteiger partial charge >= 0.3 is 0 Å². The van der Waals surface area contributed by atoms with Gasteiger partial charge in [0, 0.05) is 0 Å². The minimum atomic E-state index is -0.271. The Bertz CT molecular complexity index is 672. The van der Waals surface area contributed by atoms with Crippen molar-refractivity contribution in [1.82, 2.24) is 15.6 Å². The van der Waals surface area contributed by atoms with Gasteiger partial charge in [-0.3, -0.25) is 4.79 Å². The van der Waals surface area contributed by atoms with Crippen LogP contribution < -0.4 is 5.43 Å². The van der Waals surface area contributed by atoms with E-state index in [2.05, 4.69) is 20.7 Å². The van der Waals surface area contributed by atoms with Crippen LogP contribution in [0, 0.1) is 6.92 Å². The molecule has 0 spiro atoms. The van der Waals surface area contributed by atoms with Crippen LogP contribution in [0.2, 0.25) is 0 Å². The molecule has 9 heteroatoms. The molecule has 110 valence electrons. The lowest BCUT2D eigenvalue weighted by Crippen LogP contribution is -2.19. The fourth-order valence-corrected chi connectivity index (χ4v) is 2.90. The molecular formula is C12H12N4O3S2. The molecule has 0 saturated heterocycles. The molecule has 0 aliphatic carbocycles. The van der Waals surface area contributed by atoms with Crippen molar-refractivity contribution in [2.45, 2.75) is 11.3 Å². The van der Waals surface area contributed by atoms with E-state index in [0.717, 1.165) is 9.35 Å². The first kappa shape index (κ1) is 15.3. The van der Waals surface area contributed by atoms with Crippen LogP contribution in [-0.2, 0) is 4.79 Å². The van der Waals surface area contributed by atoms with Gasteiger partial charge in [0.1, 0.15) is 5.01 Å². The smallest absolute Gasteiger partial charge is 0.250 e. The molecular weight excluding hydrogens is 312 g/mol. The molecule has 3 N–H and O–H groups in total. The monoisotopic (exact) mass is 324 g/mol. The van der Waals surface area contributed by atoms with Gasteiger partial charge in [-0.1, -0.05) is 23.1 Å². The zero-order valence-corrected chi connectivity index (χ0v) is 12.6. The van der Waals surface area contributed by atoms with E-state index < -0.39 is 0 Å². The number of amides is 1. The van der Waals surface area contributed by atoms with Gasteiger partial charge < -0.3 is 10.2 Å². The lowest BCUT2D eigenvalue weighted by atomic mass is 10.2. The number of aromatic nitrogens is 2. The summed E-state index contributed by atoms with van der Waals surface area (Å²) in [4.78, 5) is 11.6. The van der Waals surface area contributed by atoms with Crippen molar-refractivity contribution >= 4 is 35.2 Å². The zero-order valence-electron chi connectivity index (χ0n) is 11.0. The van der Waals surface area contributed by atoms with Crippen molar-refractivity contribution in [2.24, 2.45) is 5.10 Å². The highest BCUT2D eigenvalue weighted by atomic mass is 32.2. The molecule has 1 heterocycles. The van der Waals surface area contributed by atoms with Crippen LogP contribution in [0.1, 0.15) is 10.6 Å². The molecule has 0 aliphatic rings. The number of hydrogen-bond acceptors (Lipinski definition) is 8. The average Bonchev–Trinajstić information content (AvgIpc) is 2.86. The Labute approximate surface area is 128 Å². The number of carbonyl (C=O) groups is 1. The number of phenols is 2. The first-order valence-electron chi connectivity index (χ1n) is 5.81. The van der Waals surface area contributed by atoms with Crippen molar-refractivity contribution in [3.63, 3.8) is 0 Å². The molecule has 2 rings (SSSR count). The first-order chi connectivity index (χ1) is 10.0. The SMILES string of the molecule is Cc1nnc(SCC(=O)N/N=C\c2ccc(O)c(O)c2)s1. The number of aromatic hydroxyl groups is 2. The van der Waals surface area contributed by atoms with Crippen LogP contribution in [-0.4, -0.2) is 38.3 Å². The highest BCUT2D eigenvalue weighted by Crippen LogP contribution is 2.24. The third-order valence-electron chi connectivity index (χ3n) is 2.24. The van der Waals surface area contributed by atoms with Crippen molar-refractivity contribution < 1.29 is 15.0 Å². The van der Waals surface area contributed by atoms with Gasteiger partial charge in [0.15, 0.2) is 15.8 Å². The number of rotatable bonds is 5. The molecule has 7 nitrogen and oxygen atoms in total. The van der Waals surface area contributed by atoms with Gasteiger partial charge in [-0.25, -0.2) is 5.43 Å². The highest BCUT2D eigenvalue weighted by Gasteiger charge is 2.05. The number of phenolic OH excluding ortho intramolecular Hbond substituents is 2. The minimum Gasteiger partial charge on any atom is -0.504 e. The molecule has 0 aliphatic heterocycles. The van der Waals surface area contributed by atoms with Gasteiger partial charge in [0.2, 0.25) is 0 Å². The molecule has 1 amide bonds. The number of hydrazone groups is 1. The van der Waals surface area contributed by atoms with Crippen LogP contribution >= 0.6 is 23.1 Å². The van der Waals surface area contributed by atoms with E-state index >= 15 is 0 Å². The Balaban J connectivity index is 1.80. The maximum atomic E-state index is 11.6. The number of aryl methyl sites for hydroxylation is 1. The molecule has 1 aromatic heterocycles. The van der Waals surface area contributed by atoms with E-state index in [4.69, 9.17) is 5.11 Å². The summed E-state index contributed by atoms with van der Waals surface area (Å²) < 4.78 is 0.732. The predicted molar refractivity (Wildman–Crippen MR) is 80.9 cm³/mol. The van der Waals surface area contributed by atoms with E-state index in [-0.39, 0.29) is 23.2 Å². The molecule has 0 fully saturated rings. The summed E-state index contributed by atoms with van der Waals surface area (Å²) in [5.41, 5.74) is 2.92. The fraction of sp³-hybridized carbons (Fsp3) is 0.167. The average molecular weight is 324 g/mol. The van der Waals surface area contributed by atoms with Gasteiger partial charge in [-0.15, -0.1) is 10.2 Å². The van der Waals surface area contributed by atoms with Crippen molar-refractivity contribution in [1.29, 1.82) is 0 Å². The molecule has 0 atom stereocenters. The third kappa shape index (κ3) is 4.72. The van der Waals surface area contributed by atoms with E-state index in [9.17, 15) is 9.90 Å². The van der Waals surface area contributed by atoms with Crippen LogP contribution in [0.25, 0.3) is 0 Å². The Morgan fingerprint density at radius 3 is 2.90 bits per heavy atom. The Kier molecular flexibility index (Phi) is 5.12. The zero-order chi connectivity index (χ0) is 15.2. The second-order valence-electron chi connectivity index (χ2n) is 3.92. The summed E-state index contributed by atoms with van der Waals surface area (Å²) in [6.07, 6.45) is 1.37. The number of benzene rings is 1. The fourth-order valence-electron chi connectivity index (χ4n) is 1.30. The number of nitrogens with zero attached hydrogens (tertiary/aromatic N) is 3. The number of carbonyl (C=O) groups excluding carboxylic acids is 1. The second kappa shape index (κ2) is 7.04. The number of thioether (sulfide) groups is 1. The molecule has 0 unspecified atom stereocenters. The van der Waals surface area contributed by atoms with E-state index in [1.54, 1.807) is 6.07 Å². The first-order valence-corrected chi connectivity index (χ1v) is 7.61. The summed E-state index contributed by atoms with van der Waals surface area (Å²) in [6, 6.07) is 4.24. The maximum Gasteiger partial charge on any atom is 0.250 e. The maximum absolute atomic E-state index is 11.6. The topological polar surface area (TPSA) is 108 Å². The lowest BCUT2D eigenvalue weighted by molar-refractivity contribution is -0.118. The summed E-state index contributed by atoms with van der Waals surface area (Å²) in [5, 5.41) is 30.8. The van der Waals surface area contributed by atoms with Crippen molar-refractivity contribution in [2.75, 3.05) is 5.75 Å². The molecule has 0 radical (unpaired) electrons. The minimum absolute atomic E-state index is 0.187. The normalized spacial score (nSPS) is 10.9. The quantitative estimate of drug-likeness (QED) is 0.333. The molecule has 0 bridgehead atoms. The standard InChI is InChI=1S/C12H12N4O3S2/c1-7-14-16-12(21-7)20-6-11(19)15-13-5-8-2-3-9(17)10(18)4-8/h2-5,17-18H,6H2,1H3,(H,15,19)/b13-5-. The van der Waals surface area contributed by atoms with Gasteiger partial charge in [-0.2, -0.15) is 5.10 Å². The van der Waals surface area contributed by atoms with Crippen molar-refractivity contribution in [3.8, 4) is 11.5 Å². The van der Waals surface area contributed by atoms with Crippen LogP contribution in [0.4, 0.5) is 0 Å². The summed E-state index contributed by atoms with van der Waals surface area (Å²) in [6.45, 7) is 1.85. The highest BCUT2D eigenvalue weighted by molar-refractivity contribution is 8.01. The van der Waals surface area contributed by atoms with Gasteiger partial charge in [0.25, 0.3) is 5.91 Å². The van der Waals surface area contributed by atoms with E-state index in [0.29, 0.717) is 5.56 Å². The molecule has 0 saturated carbocycles. The van der Waals surface area contributed by atoms with E-state index in [1.807, 2.05) is 6.92 Å². The molecule has 1 aromatic carbocycles.